The Morgan fingerprint density at radius 1 is 1.23 bits per heavy atom. The number of methoxy groups -OCH3 is 2. The molecular weight excluding hydrogens is 382 g/mol. The van der Waals surface area contributed by atoms with Crippen molar-refractivity contribution in [2.24, 2.45) is 5.41 Å². The summed E-state index contributed by atoms with van der Waals surface area (Å²) in [6.45, 7) is 1.04. The van der Waals surface area contributed by atoms with Gasteiger partial charge in [-0.1, -0.05) is 18.2 Å². The van der Waals surface area contributed by atoms with Crippen LogP contribution >= 0.6 is 0 Å². The molecule has 2 spiro atoms. The summed E-state index contributed by atoms with van der Waals surface area (Å²) in [6.07, 6.45) is 8.88. The number of fused-ring (bicyclic) bond motifs is 1. The number of benzene rings is 1. The van der Waals surface area contributed by atoms with Crippen LogP contribution in [0.3, 0.4) is 0 Å². The minimum atomic E-state index is -0.659. The second-order valence-electron chi connectivity index (χ2n) is 9.52. The topological polar surface area (TPSA) is 69.8 Å². The molecule has 0 N–H and O–H groups in total. The van der Waals surface area contributed by atoms with E-state index in [4.69, 9.17) is 18.6 Å². The fourth-order valence-corrected chi connectivity index (χ4v) is 7.82. The van der Waals surface area contributed by atoms with Crippen LogP contribution in [0.15, 0.2) is 35.1 Å². The molecular formula is C23H25N3O4. The third-order valence-corrected chi connectivity index (χ3v) is 8.95. The van der Waals surface area contributed by atoms with Gasteiger partial charge in [0, 0.05) is 24.1 Å². The molecule has 0 unspecified atom stereocenters. The van der Waals surface area contributed by atoms with Crippen LogP contribution in [-0.2, 0) is 16.6 Å². The molecule has 0 amide bonds. The zero-order valence-corrected chi connectivity index (χ0v) is 17.4. The van der Waals surface area contributed by atoms with Gasteiger partial charge in [0.1, 0.15) is 11.7 Å². The number of hydrogen-bond acceptors (Lipinski definition) is 7. The van der Waals surface area contributed by atoms with Crippen LogP contribution < -0.4 is 9.47 Å². The lowest BCUT2D eigenvalue weighted by atomic mass is 9.37. The Kier molecular flexibility index (Phi) is 3.04. The molecule has 1 aromatic carbocycles. The molecule has 4 bridgehead atoms. The summed E-state index contributed by atoms with van der Waals surface area (Å²) in [5.41, 5.74) is 1.87. The quantitative estimate of drug-likeness (QED) is 0.724. The standard InChI is InChI=1S/C23H25N3O4/c1-26-9-8-22-17-13-4-5-15(27-2)18(17)30-20(22)23(28-3)7-6-21(22,16(26)10-13)11-14(23)19-25-24-12-29-19/h4-7,12,14,16,20H,8-11H2,1-3H3/t14-,16-,20-,21-,22+,23-/m1/s1. The van der Waals surface area contributed by atoms with E-state index in [0.29, 0.717) is 11.9 Å². The molecule has 2 aromatic rings. The van der Waals surface area contributed by atoms with Crippen LogP contribution in [0.4, 0.5) is 0 Å². The highest BCUT2D eigenvalue weighted by Gasteiger charge is 2.79. The van der Waals surface area contributed by atoms with Crippen LogP contribution in [0.1, 0.15) is 35.8 Å². The Labute approximate surface area is 175 Å². The van der Waals surface area contributed by atoms with E-state index in [1.54, 1.807) is 14.2 Å². The highest BCUT2D eigenvalue weighted by atomic mass is 16.6. The molecule has 7 nitrogen and oxygen atoms in total. The molecule has 8 rings (SSSR count). The van der Waals surface area contributed by atoms with Crippen LogP contribution in [0.25, 0.3) is 0 Å². The fourth-order valence-electron chi connectivity index (χ4n) is 7.82. The first-order valence-electron chi connectivity index (χ1n) is 10.7. The van der Waals surface area contributed by atoms with Crippen molar-refractivity contribution in [3.8, 4) is 11.5 Å². The Morgan fingerprint density at radius 3 is 2.90 bits per heavy atom. The average Bonchev–Trinajstić information content (AvgIpc) is 3.42. The van der Waals surface area contributed by atoms with E-state index in [1.165, 1.54) is 17.5 Å². The summed E-state index contributed by atoms with van der Waals surface area (Å²) >= 11 is 0. The molecule has 3 heterocycles. The lowest BCUT2D eigenvalue weighted by Crippen LogP contribution is -2.78. The first-order valence-corrected chi connectivity index (χ1v) is 10.7. The zero-order valence-electron chi connectivity index (χ0n) is 17.4. The van der Waals surface area contributed by atoms with E-state index in [9.17, 15) is 0 Å². The molecule has 1 saturated carbocycles. The maximum Gasteiger partial charge on any atom is 0.222 e. The van der Waals surface area contributed by atoms with E-state index in [2.05, 4.69) is 46.4 Å². The summed E-state index contributed by atoms with van der Waals surface area (Å²) < 4.78 is 24.7. The molecule has 7 heteroatoms. The minimum Gasteiger partial charge on any atom is -0.493 e. The van der Waals surface area contributed by atoms with Gasteiger partial charge >= 0.3 is 0 Å². The Bertz CT molecular complexity index is 1080. The molecule has 156 valence electrons. The second kappa shape index (κ2) is 5.26. The van der Waals surface area contributed by atoms with Crippen molar-refractivity contribution < 1.29 is 18.6 Å². The molecule has 1 aromatic heterocycles. The van der Waals surface area contributed by atoms with Gasteiger partial charge in [0.15, 0.2) is 11.5 Å². The van der Waals surface area contributed by atoms with Crippen LogP contribution in [-0.4, -0.2) is 60.7 Å². The molecule has 1 saturated heterocycles. The third kappa shape index (κ3) is 1.56. The number of rotatable bonds is 3. The number of nitrogens with zero attached hydrogens (tertiary/aromatic N) is 3. The van der Waals surface area contributed by atoms with E-state index in [-0.39, 0.29) is 22.9 Å². The second-order valence-corrected chi connectivity index (χ2v) is 9.52. The number of ether oxygens (including phenoxy) is 3. The van der Waals surface area contributed by atoms with Crippen LogP contribution in [0.2, 0.25) is 0 Å². The lowest BCUT2D eigenvalue weighted by molar-refractivity contribution is -0.200. The van der Waals surface area contributed by atoms with Crippen molar-refractivity contribution in [2.45, 2.75) is 48.3 Å². The molecule has 0 radical (unpaired) electrons. The number of hydrogen-bond donors (Lipinski definition) is 0. The first-order chi connectivity index (χ1) is 14.6. The summed E-state index contributed by atoms with van der Waals surface area (Å²) in [5.74, 6) is 2.30. The first kappa shape index (κ1) is 17.3. The Hall–Kier alpha value is -2.38. The van der Waals surface area contributed by atoms with Crippen molar-refractivity contribution in [1.82, 2.24) is 15.1 Å². The average molecular weight is 407 g/mol. The number of piperidine rings is 1. The van der Waals surface area contributed by atoms with Gasteiger partial charge in [0.2, 0.25) is 12.3 Å². The summed E-state index contributed by atoms with van der Waals surface area (Å²) in [5, 5.41) is 8.29. The Balaban J connectivity index is 1.57. The predicted molar refractivity (Wildman–Crippen MR) is 107 cm³/mol. The van der Waals surface area contributed by atoms with Gasteiger partial charge in [-0.15, -0.1) is 10.2 Å². The number of likely N-dealkylation sites (tertiary alicyclic amines) is 1. The van der Waals surface area contributed by atoms with Gasteiger partial charge in [-0.2, -0.15) is 0 Å². The summed E-state index contributed by atoms with van der Waals surface area (Å²) in [4.78, 5) is 2.54. The smallest absolute Gasteiger partial charge is 0.222 e. The van der Waals surface area contributed by atoms with Gasteiger partial charge in [-0.05, 0) is 44.5 Å². The van der Waals surface area contributed by atoms with Gasteiger partial charge in [-0.3, -0.25) is 0 Å². The molecule has 6 atom stereocenters. The SMILES string of the molecule is COc1ccc2c3c1O[C@H]1[C@@]4(OC)C=C[C@@]5(C[C@@H]4c4nnco4)[C@@H](C2)N(C)CC[C@]315. The van der Waals surface area contributed by atoms with E-state index < -0.39 is 5.60 Å². The molecule has 4 aliphatic carbocycles. The van der Waals surface area contributed by atoms with Gasteiger partial charge < -0.3 is 23.5 Å². The van der Waals surface area contributed by atoms with Crippen molar-refractivity contribution in [3.63, 3.8) is 0 Å². The molecule has 6 aliphatic rings. The van der Waals surface area contributed by atoms with E-state index in [0.717, 1.165) is 37.3 Å². The van der Waals surface area contributed by atoms with Crippen molar-refractivity contribution in [2.75, 3.05) is 27.8 Å². The molecule has 30 heavy (non-hydrogen) atoms. The van der Waals surface area contributed by atoms with Crippen LogP contribution in [0, 0.1) is 5.41 Å². The zero-order chi connectivity index (χ0) is 20.3. The fraction of sp³-hybridized carbons (Fsp3) is 0.565. The highest BCUT2D eigenvalue weighted by molar-refractivity contribution is 5.65. The maximum atomic E-state index is 6.88. The van der Waals surface area contributed by atoms with Gasteiger partial charge in [0.05, 0.1) is 18.4 Å². The normalized spacial score (nSPS) is 42.2. The lowest BCUT2D eigenvalue weighted by Gasteiger charge is -2.70. The molecule has 2 aliphatic heterocycles. The number of aromatic nitrogens is 2. The monoisotopic (exact) mass is 407 g/mol. The van der Waals surface area contributed by atoms with E-state index in [1.807, 2.05) is 0 Å². The minimum absolute atomic E-state index is 0.0519. The molecule has 2 fully saturated rings. The van der Waals surface area contributed by atoms with Gasteiger partial charge in [0.25, 0.3) is 0 Å². The van der Waals surface area contributed by atoms with Crippen molar-refractivity contribution >= 4 is 0 Å². The van der Waals surface area contributed by atoms with Crippen molar-refractivity contribution in [1.29, 1.82) is 0 Å². The van der Waals surface area contributed by atoms with Crippen molar-refractivity contribution in [3.05, 3.63) is 47.7 Å². The predicted octanol–water partition coefficient (Wildman–Crippen LogP) is 2.47. The summed E-state index contributed by atoms with van der Waals surface area (Å²) in [6, 6.07) is 4.69. The van der Waals surface area contributed by atoms with Gasteiger partial charge in [-0.25, -0.2) is 0 Å². The van der Waals surface area contributed by atoms with Crippen LogP contribution in [0.5, 0.6) is 11.5 Å². The Morgan fingerprint density at radius 2 is 2.13 bits per heavy atom. The third-order valence-electron chi connectivity index (χ3n) is 8.95. The number of likely N-dealkylation sites (N-methyl/N-ethyl adjacent to an activating group) is 1. The largest absolute Gasteiger partial charge is 0.493 e. The summed E-state index contributed by atoms with van der Waals surface area (Å²) in [7, 11) is 5.76. The highest BCUT2D eigenvalue weighted by Crippen LogP contribution is 2.75. The maximum absolute atomic E-state index is 6.88. The van der Waals surface area contributed by atoms with E-state index >= 15 is 0 Å².